The van der Waals surface area contributed by atoms with Gasteiger partial charge >= 0.3 is 6.18 Å². The summed E-state index contributed by atoms with van der Waals surface area (Å²) in [7, 11) is 0. The van der Waals surface area contributed by atoms with Gasteiger partial charge in [-0.15, -0.1) is 10.2 Å². The van der Waals surface area contributed by atoms with Gasteiger partial charge in [-0.2, -0.15) is 13.2 Å². The highest BCUT2D eigenvalue weighted by molar-refractivity contribution is 5.76. The molecule has 8 heteroatoms. The molecule has 2 heterocycles. The van der Waals surface area contributed by atoms with Crippen LogP contribution < -0.4 is 0 Å². The summed E-state index contributed by atoms with van der Waals surface area (Å²) in [4.78, 5) is 13.5. The maximum Gasteiger partial charge on any atom is 0.389 e. The summed E-state index contributed by atoms with van der Waals surface area (Å²) in [6.45, 7) is 2.44. The van der Waals surface area contributed by atoms with Gasteiger partial charge < -0.3 is 9.47 Å². The lowest BCUT2D eigenvalue weighted by atomic mass is 10.1. The number of nitrogens with zero attached hydrogens (tertiary/aromatic N) is 4. The van der Waals surface area contributed by atoms with Gasteiger partial charge in [0.15, 0.2) is 11.6 Å². The van der Waals surface area contributed by atoms with Crippen LogP contribution in [0.5, 0.6) is 0 Å². The molecule has 1 amide bonds. The number of aromatic nitrogens is 3. The molecule has 0 saturated carbocycles. The van der Waals surface area contributed by atoms with Crippen molar-refractivity contribution >= 4 is 5.91 Å². The van der Waals surface area contributed by atoms with E-state index in [4.69, 9.17) is 0 Å². The molecule has 0 bridgehead atoms. The minimum absolute atomic E-state index is 0.103. The molecule has 5 nitrogen and oxygen atoms in total. The van der Waals surface area contributed by atoms with E-state index in [1.165, 1.54) is 4.90 Å². The smallest absolute Gasteiger partial charge is 0.333 e. The molecule has 1 aliphatic heterocycles. The van der Waals surface area contributed by atoms with E-state index < -0.39 is 24.9 Å². The third kappa shape index (κ3) is 3.42. The summed E-state index contributed by atoms with van der Waals surface area (Å²) in [6, 6.07) is 9.44. The first-order chi connectivity index (χ1) is 11.3. The van der Waals surface area contributed by atoms with E-state index in [0.717, 1.165) is 5.56 Å². The molecule has 0 saturated heterocycles. The van der Waals surface area contributed by atoms with Gasteiger partial charge in [0.1, 0.15) is 0 Å². The lowest BCUT2D eigenvalue weighted by Crippen LogP contribution is -2.40. The highest BCUT2D eigenvalue weighted by atomic mass is 19.4. The Morgan fingerprint density at radius 1 is 1.25 bits per heavy atom. The highest BCUT2D eigenvalue weighted by Crippen LogP contribution is 2.28. The number of hydrogen-bond acceptors (Lipinski definition) is 3. The second kappa shape index (κ2) is 6.26. The van der Waals surface area contributed by atoms with Crippen LogP contribution in [0.4, 0.5) is 13.2 Å². The molecule has 0 unspecified atom stereocenters. The molecular weight excluding hydrogens is 321 g/mol. The molecule has 1 atom stereocenters. The first kappa shape index (κ1) is 16.5. The van der Waals surface area contributed by atoms with Crippen LogP contribution in [0, 0.1) is 0 Å². The van der Waals surface area contributed by atoms with E-state index in [2.05, 4.69) is 10.2 Å². The van der Waals surface area contributed by atoms with Crippen molar-refractivity contribution in [2.45, 2.75) is 38.5 Å². The number of amides is 1. The van der Waals surface area contributed by atoms with Gasteiger partial charge in [-0.1, -0.05) is 30.3 Å². The predicted octanol–water partition coefficient (Wildman–Crippen LogP) is 3.19. The summed E-state index contributed by atoms with van der Waals surface area (Å²) in [5.74, 6) is 0.795. The van der Waals surface area contributed by atoms with E-state index in [-0.39, 0.29) is 12.6 Å². The Balaban J connectivity index is 1.78. The SMILES string of the molecule is C[C@H]1CN(C(=O)CCC(F)(F)F)Cc2nnc(-c3ccccc3)n21. The average molecular weight is 338 g/mol. The van der Waals surface area contributed by atoms with Crippen molar-refractivity contribution in [1.82, 2.24) is 19.7 Å². The lowest BCUT2D eigenvalue weighted by Gasteiger charge is -2.32. The summed E-state index contributed by atoms with van der Waals surface area (Å²) < 4.78 is 38.8. The fraction of sp³-hybridized carbons (Fsp3) is 0.438. The molecule has 0 N–H and O–H groups in total. The largest absolute Gasteiger partial charge is 0.389 e. The number of hydrogen-bond donors (Lipinski definition) is 0. The number of halogens is 3. The van der Waals surface area contributed by atoms with Gasteiger partial charge in [-0.3, -0.25) is 4.79 Å². The fourth-order valence-corrected chi connectivity index (χ4v) is 2.91. The minimum Gasteiger partial charge on any atom is -0.333 e. The van der Waals surface area contributed by atoms with Gasteiger partial charge in [0.25, 0.3) is 0 Å². The molecule has 1 aromatic heterocycles. The van der Waals surface area contributed by atoms with E-state index >= 15 is 0 Å². The van der Waals surface area contributed by atoms with Crippen LogP contribution >= 0.6 is 0 Å². The normalized spacial score (nSPS) is 17.7. The zero-order chi connectivity index (χ0) is 17.3. The standard InChI is InChI=1S/C16H17F3N4O/c1-11-9-22(14(24)7-8-16(17,18)19)10-13-20-21-15(23(11)13)12-5-3-2-4-6-12/h2-6,11H,7-10H2,1H3/t11-/m0/s1. The Morgan fingerprint density at radius 2 is 1.96 bits per heavy atom. The first-order valence-corrected chi connectivity index (χ1v) is 7.69. The number of carbonyl (C=O) groups excluding carboxylic acids is 1. The van der Waals surface area contributed by atoms with E-state index in [1.54, 1.807) is 0 Å². The second-order valence-electron chi connectivity index (χ2n) is 5.91. The molecule has 3 rings (SSSR count). The quantitative estimate of drug-likeness (QED) is 0.864. The number of carbonyl (C=O) groups is 1. The number of rotatable bonds is 3. The summed E-state index contributed by atoms with van der Waals surface area (Å²) in [5.41, 5.74) is 0.917. The molecule has 128 valence electrons. The van der Waals surface area contributed by atoms with Gasteiger partial charge in [0, 0.05) is 18.5 Å². The lowest BCUT2D eigenvalue weighted by molar-refractivity contribution is -0.150. The third-order valence-corrected chi connectivity index (χ3v) is 4.03. The Labute approximate surface area is 137 Å². The third-order valence-electron chi connectivity index (χ3n) is 4.03. The molecule has 1 aliphatic rings. The maximum absolute atomic E-state index is 12.3. The van der Waals surface area contributed by atoms with Crippen LogP contribution in [-0.4, -0.2) is 38.3 Å². The van der Waals surface area contributed by atoms with Crippen LogP contribution in [0.3, 0.4) is 0 Å². The molecule has 2 aromatic rings. The summed E-state index contributed by atoms with van der Waals surface area (Å²) >= 11 is 0. The van der Waals surface area contributed by atoms with Crippen molar-refractivity contribution in [2.75, 3.05) is 6.54 Å². The summed E-state index contributed by atoms with van der Waals surface area (Å²) in [6.07, 6.45) is -5.95. The Bertz CT molecular complexity index is 727. The van der Waals surface area contributed by atoms with Crippen LogP contribution in [0.25, 0.3) is 11.4 Å². The van der Waals surface area contributed by atoms with Crippen molar-refractivity contribution < 1.29 is 18.0 Å². The maximum atomic E-state index is 12.3. The van der Waals surface area contributed by atoms with E-state index in [1.807, 2.05) is 41.8 Å². The van der Waals surface area contributed by atoms with Gasteiger partial charge in [0.05, 0.1) is 19.0 Å². The van der Waals surface area contributed by atoms with E-state index in [9.17, 15) is 18.0 Å². The van der Waals surface area contributed by atoms with Crippen molar-refractivity contribution in [3.05, 3.63) is 36.2 Å². The minimum atomic E-state index is -4.32. The van der Waals surface area contributed by atoms with Crippen LogP contribution in [0.2, 0.25) is 0 Å². The molecule has 24 heavy (non-hydrogen) atoms. The van der Waals surface area contributed by atoms with Gasteiger partial charge in [-0.05, 0) is 6.92 Å². The molecule has 0 radical (unpaired) electrons. The number of fused-ring (bicyclic) bond motifs is 1. The molecule has 0 fully saturated rings. The molecule has 1 aromatic carbocycles. The first-order valence-electron chi connectivity index (χ1n) is 7.69. The van der Waals surface area contributed by atoms with E-state index in [0.29, 0.717) is 18.2 Å². The van der Waals surface area contributed by atoms with Gasteiger partial charge in [-0.25, -0.2) is 0 Å². The predicted molar refractivity (Wildman–Crippen MR) is 80.9 cm³/mol. The van der Waals surface area contributed by atoms with Crippen LogP contribution in [-0.2, 0) is 11.3 Å². The van der Waals surface area contributed by atoms with Crippen molar-refractivity contribution in [2.24, 2.45) is 0 Å². The van der Waals surface area contributed by atoms with Crippen molar-refractivity contribution in [1.29, 1.82) is 0 Å². The van der Waals surface area contributed by atoms with Gasteiger partial charge in [0.2, 0.25) is 5.91 Å². The summed E-state index contributed by atoms with van der Waals surface area (Å²) in [5, 5.41) is 8.31. The number of benzene rings is 1. The topological polar surface area (TPSA) is 51.0 Å². The zero-order valence-corrected chi connectivity index (χ0v) is 13.1. The Kier molecular flexibility index (Phi) is 4.29. The van der Waals surface area contributed by atoms with Crippen LogP contribution in [0.1, 0.15) is 31.6 Å². The van der Waals surface area contributed by atoms with Crippen molar-refractivity contribution in [3.8, 4) is 11.4 Å². The van der Waals surface area contributed by atoms with Crippen molar-refractivity contribution in [3.63, 3.8) is 0 Å². The average Bonchev–Trinajstić information content (AvgIpc) is 2.97. The van der Waals surface area contributed by atoms with Crippen LogP contribution in [0.15, 0.2) is 30.3 Å². The molecule has 0 aliphatic carbocycles. The zero-order valence-electron chi connectivity index (χ0n) is 13.1. The second-order valence-corrected chi connectivity index (χ2v) is 5.91. The molecule has 0 spiro atoms. The number of alkyl halides is 3. The Hall–Kier alpha value is -2.38. The molecular formula is C16H17F3N4O. The monoisotopic (exact) mass is 338 g/mol. The fourth-order valence-electron chi connectivity index (χ4n) is 2.91. The highest BCUT2D eigenvalue weighted by Gasteiger charge is 2.32. The Morgan fingerprint density at radius 3 is 2.62 bits per heavy atom.